The Morgan fingerprint density at radius 3 is 2.50 bits per heavy atom. The molecule has 1 aromatic rings. The van der Waals surface area contributed by atoms with Gasteiger partial charge in [-0.25, -0.2) is 13.6 Å². The lowest BCUT2D eigenvalue weighted by Gasteiger charge is -2.22. The summed E-state index contributed by atoms with van der Waals surface area (Å²) in [5.74, 6) is 0.597. The van der Waals surface area contributed by atoms with E-state index in [-0.39, 0.29) is 10.1 Å². The van der Waals surface area contributed by atoms with Crippen LogP contribution in [0.3, 0.4) is 0 Å². The zero-order valence-electron chi connectivity index (χ0n) is 11.3. The zero-order chi connectivity index (χ0) is 14.5. The van der Waals surface area contributed by atoms with E-state index >= 15 is 0 Å². The second-order valence-corrected chi connectivity index (χ2v) is 8.38. The predicted octanol–water partition coefficient (Wildman–Crippen LogP) is 1.72. The molecule has 0 radical (unpaired) electrons. The van der Waals surface area contributed by atoms with Crippen LogP contribution in [-0.2, 0) is 10.0 Å². The minimum absolute atomic E-state index is 0.0388. The molecule has 0 unspecified atom stereocenters. The van der Waals surface area contributed by atoms with Crippen LogP contribution >= 0.6 is 11.3 Å². The average molecular weight is 314 g/mol. The topological polar surface area (TPSA) is 80.5 Å². The summed E-state index contributed by atoms with van der Waals surface area (Å²) in [6, 6.07) is 0.348. The fraction of sp³-hybridized carbons (Fsp3) is 0.615. The molecule has 2 saturated carbocycles. The van der Waals surface area contributed by atoms with Crippen molar-refractivity contribution in [2.75, 3.05) is 6.54 Å². The van der Waals surface area contributed by atoms with Crippen molar-refractivity contribution < 1.29 is 13.2 Å². The number of hydrogen-bond donors (Lipinski definition) is 1. The van der Waals surface area contributed by atoms with Crippen molar-refractivity contribution in [3.8, 4) is 0 Å². The zero-order valence-corrected chi connectivity index (χ0v) is 13.0. The molecule has 1 amide bonds. The van der Waals surface area contributed by atoms with Gasteiger partial charge >= 0.3 is 0 Å². The molecule has 110 valence electrons. The van der Waals surface area contributed by atoms with Crippen LogP contribution in [0, 0.1) is 12.8 Å². The summed E-state index contributed by atoms with van der Waals surface area (Å²) in [4.78, 5) is 14.6. The number of nitrogens with two attached hydrogens (primary N) is 1. The number of rotatable bonds is 5. The van der Waals surface area contributed by atoms with Gasteiger partial charge in [0.25, 0.3) is 5.91 Å². The van der Waals surface area contributed by atoms with Crippen LogP contribution in [0.4, 0.5) is 0 Å². The van der Waals surface area contributed by atoms with Gasteiger partial charge in [0.05, 0.1) is 5.56 Å². The summed E-state index contributed by atoms with van der Waals surface area (Å²) >= 11 is 1.04. The fourth-order valence-electron chi connectivity index (χ4n) is 2.41. The Morgan fingerprint density at radius 2 is 2.05 bits per heavy atom. The predicted molar refractivity (Wildman–Crippen MR) is 77.2 cm³/mol. The van der Waals surface area contributed by atoms with Gasteiger partial charge in [0.2, 0.25) is 10.0 Å². The molecule has 7 heteroatoms. The third-order valence-electron chi connectivity index (χ3n) is 3.88. The van der Waals surface area contributed by atoms with Crippen molar-refractivity contribution in [1.82, 2.24) is 4.90 Å². The maximum absolute atomic E-state index is 12.6. The average Bonchev–Trinajstić information content (AvgIpc) is 3.23. The molecule has 2 aliphatic rings. The number of nitrogens with zero attached hydrogens (tertiary/aromatic N) is 1. The van der Waals surface area contributed by atoms with Gasteiger partial charge in [0, 0.05) is 18.0 Å². The van der Waals surface area contributed by atoms with Gasteiger partial charge < -0.3 is 4.90 Å². The van der Waals surface area contributed by atoms with Crippen molar-refractivity contribution in [3.05, 3.63) is 16.5 Å². The molecule has 0 saturated heterocycles. The van der Waals surface area contributed by atoms with Gasteiger partial charge in [-0.15, -0.1) is 11.3 Å². The Balaban J connectivity index is 1.87. The summed E-state index contributed by atoms with van der Waals surface area (Å²) in [7, 11) is -3.74. The van der Waals surface area contributed by atoms with E-state index in [4.69, 9.17) is 5.14 Å². The number of thiophene rings is 1. The largest absolute Gasteiger partial charge is 0.335 e. The molecule has 3 rings (SSSR count). The Morgan fingerprint density at radius 1 is 1.40 bits per heavy atom. The highest BCUT2D eigenvalue weighted by molar-refractivity contribution is 7.91. The molecule has 0 spiro atoms. The molecule has 0 aromatic carbocycles. The molecular formula is C13H18N2O3S2. The van der Waals surface area contributed by atoms with Crippen molar-refractivity contribution >= 4 is 27.3 Å². The van der Waals surface area contributed by atoms with Gasteiger partial charge in [-0.1, -0.05) is 0 Å². The Labute approximate surface area is 122 Å². The second kappa shape index (κ2) is 4.82. The Kier molecular flexibility index (Phi) is 3.38. The van der Waals surface area contributed by atoms with E-state index in [2.05, 4.69) is 0 Å². The van der Waals surface area contributed by atoms with Gasteiger partial charge in [-0.3, -0.25) is 4.79 Å². The van der Waals surface area contributed by atoms with Crippen LogP contribution in [0.5, 0.6) is 0 Å². The number of amides is 1. The van der Waals surface area contributed by atoms with E-state index in [0.717, 1.165) is 30.7 Å². The highest BCUT2D eigenvalue weighted by Gasteiger charge is 2.38. The third kappa shape index (κ3) is 2.75. The number of primary sulfonamides is 1. The highest BCUT2D eigenvalue weighted by atomic mass is 32.2. The van der Waals surface area contributed by atoms with E-state index in [1.165, 1.54) is 12.8 Å². The quantitative estimate of drug-likeness (QED) is 0.898. The molecule has 0 aliphatic heterocycles. The molecule has 2 aliphatic carbocycles. The van der Waals surface area contributed by atoms with Crippen LogP contribution in [-0.4, -0.2) is 31.8 Å². The third-order valence-corrected chi connectivity index (χ3v) is 6.57. The van der Waals surface area contributed by atoms with Gasteiger partial charge in [0.15, 0.2) is 0 Å². The van der Waals surface area contributed by atoms with Crippen molar-refractivity contribution in [2.24, 2.45) is 11.1 Å². The first-order chi connectivity index (χ1) is 9.38. The van der Waals surface area contributed by atoms with Gasteiger partial charge in [-0.05, 0) is 44.1 Å². The minimum atomic E-state index is -3.74. The van der Waals surface area contributed by atoms with Gasteiger partial charge in [0.1, 0.15) is 4.21 Å². The van der Waals surface area contributed by atoms with Crippen LogP contribution in [0.25, 0.3) is 0 Å². The van der Waals surface area contributed by atoms with E-state index in [1.54, 1.807) is 12.3 Å². The minimum Gasteiger partial charge on any atom is -0.335 e. The molecule has 0 bridgehead atoms. The lowest BCUT2D eigenvalue weighted by Crippen LogP contribution is -2.35. The lowest BCUT2D eigenvalue weighted by atomic mass is 10.2. The smallest absolute Gasteiger partial charge is 0.255 e. The maximum atomic E-state index is 12.6. The van der Waals surface area contributed by atoms with Gasteiger partial charge in [-0.2, -0.15) is 0 Å². The maximum Gasteiger partial charge on any atom is 0.255 e. The second-order valence-electron chi connectivity index (χ2n) is 5.74. The molecule has 2 N–H and O–H groups in total. The highest BCUT2D eigenvalue weighted by Crippen LogP contribution is 2.37. The first kappa shape index (κ1) is 14.0. The van der Waals surface area contributed by atoms with E-state index in [1.807, 2.05) is 4.90 Å². The van der Waals surface area contributed by atoms with Crippen molar-refractivity contribution in [1.29, 1.82) is 0 Å². The normalized spacial score (nSPS) is 19.1. The molecule has 20 heavy (non-hydrogen) atoms. The number of hydrogen-bond acceptors (Lipinski definition) is 4. The van der Waals surface area contributed by atoms with Crippen LogP contribution in [0.2, 0.25) is 0 Å². The van der Waals surface area contributed by atoms with E-state index < -0.39 is 10.0 Å². The lowest BCUT2D eigenvalue weighted by molar-refractivity contribution is 0.0734. The van der Waals surface area contributed by atoms with E-state index in [9.17, 15) is 13.2 Å². The SMILES string of the molecule is Cc1c(C(=O)N(CC2CC2)C2CC2)csc1S(N)(=O)=O. The van der Waals surface area contributed by atoms with Crippen LogP contribution in [0.1, 0.15) is 41.6 Å². The summed E-state index contributed by atoms with van der Waals surface area (Å²) in [6.07, 6.45) is 4.51. The number of carbonyl (C=O) groups is 1. The summed E-state index contributed by atoms with van der Waals surface area (Å²) in [6.45, 7) is 2.47. The van der Waals surface area contributed by atoms with Crippen LogP contribution < -0.4 is 5.14 Å². The van der Waals surface area contributed by atoms with Crippen LogP contribution in [0.15, 0.2) is 9.59 Å². The standard InChI is InChI=1S/C13H18N2O3S2/c1-8-11(7-19-13(8)20(14,17)18)12(16)15(10-4-5-10)6-9-2-3-9/h7,9-10H,2-6H2,1H3,(H2,14,17,18). The first-order valence-corrected chi connectivity index (χ1v) is 9.22. The summed E-state index contributed by atoms with van der Waals surface area (Å²) in [5.41, 5.74) is 0.982. The molecule has 1 aromatic heterocycles. The summed E-state index contributed by atoms with van der Waals surface area (Å²) < 4.78 is 23.0. The number of carbonyl (C=O) groups excluding carboxylic acids is 1. The van der Waals surface area contributed by atoms with Crippen molar-refractivity contribution in [2.45, 2.75) is 42.9 Å². The molecule has 5 nitrogen and oxygen atoms in total. The molecular weight excluding hydrogens is 296 g/mol. The van der Waals surface area contributed by atoms with Crippen molar-refractivity contribution in [3.63, 3.8) is 0 Å². The Hall–Kier alpha value is -0.920. The van der Waals surface area contributed by atoms with E-state index in [0.29, 0.717) is 23.1 Å². The summed E-state index contributed by atoms with van der Waals surface area (Å²) in [5, 5.41) is 6.79. The number of sulfonamides is 1. The molecule has 2 fully saturated rings. The molecule has 0 atom stereocenters. The fourth-order valence-corrected chi connectivity index (χ4v) is 4.41. The monoisotopic (exact) mass is 314 g/mol. The molecule has 1 heterocycles. The Bertz CT molecular complexity index is 643. The first-order valence-electron chi connectivity index (χ1n) is 6.80.